The molecule has 10 aliphatic carbocycles. The van der Waals surface area contributed by atoms with Crippen LogP contribution < -0.4 is 74.5 Å². The Balaban J connectivity index is 0.00000102. The molecule has 11 atom stereocenters. The Kier molecular flexibility index (Phi) is 53.1. The molecular formula is C69H142F3N15O7. The van der Waals surface area contributed by atoms with Crippen LogP contribution in [0.15, 0.2) is 22.1 Å². The van der Waals surface area contributed by atoms with E-state index in [9.17, 15) is 22.8 Å². The standard InChI is InChI=1S/C8H16N2O.C8H15NO2.C7H14N2.C7H13NO2.C6H11F2N.C6H10FN.2C6H14N2.C6H13NO.C5H11NO.C4H11N/c1-2-11-10-8-5-3-7(9)4-6-8;1-11-8(10)6-3-2-4-7(9)5-6;1-9-7-4-2-6(8)3-5-7;8-6-3-1-2-5(4-6)7(9)10;7-6(8)3-1-5(9)2-4-6;7-5-1-3-6(8)4-2-5;7-5-2-1-3-6(8)4-5;7-5-3-1-2-4-6(5)8;7-5-1-3-6(8)4-2-5;6-4-1-2-5(7)3-4;1-4(2)3-5/h7H,2-6,9H2,1H3;6-7H,2-5,9H2,1H3;6H,2-5,8H2,1H3;5-6H,1-4,8H2,(H,9,10);5H,1-4,9H2;1,6H,2-4,8H2;2*5-6H,1-4,7-8H2;5-6,8H,1-4,7H2;4-5,7H,1-3,6H2;4H,3,5H2,1-2H3. The zero-order chi connectivity index (χ0) is 71.0. The van der Waals surface area contributed by atoms with E-state index in [1.54, 1.807) is 6.08 Å². The number of methoxy groups -OCH3 is 1. The molecule has 25 heteroatoms. The number of aliphatic carboxylic acids is 1. The number of esters is 1. The molecule has 9 fully saturated rings. The molecule has 0 heterocycles. The van der Waals surface area contributed by atoms with Crippen LogP contribution in [0.25, 0.3) is 0 Å². The fourth-order valence-corrected chi connectivity index (χ4v) is 11.9. The Morgan fingerprint density at radius 3 is 1.22 bits per heavy atom. The highest BCUT2D eigenvalue weighted by atomic mass is 19.3. The normalized spacial score (nSPS) is 31.9. The summed E-state index contributed by atoms with van der Waals surface area (Å²) in [6, 6.07) is 3.34. The van der Waals surface area contributed by atoms with Crippen molar-refractivity contribution in [2.75, 3.05) is 27.3 Å². The quantitative estimate of drug-likeness (QED) is 0.0934. The van der Waals surface area contributed by atoms with Crippen molar-refractivity contribution in [2.45, 2.75) is 355 Å². The second-order valence-corrected chi connectivity index (χ2v) is 28.3. The van der Waals surface area contributed by atoms with Crippen LogP contribution in [0.4, 0.5) is 13.2 Å². The Morgan fingerprint density at radius 2 is 0.915 bits per heavy atom. The van der Waals surface area contributed by atoms with E-state index in [-0.39, 0.29) is 91.0 Å². The Hall–Kier alpha value is -2.99. The smallest absolute Gasteiger partial charge is 0.308 e. The molecule has 0 bridgehead atoms. The summed E-state index contributed by atoms with van der Waals surface area (Å²) < 4.78 is 41.5. The van der Waals surface area contributed by atoms with E-state index in [0.717, 1.165) is 173 Å². The van der Waals surface area contributed by atoms with Crippen molar-refractivity contribution in [3.05, 3.63) is 11.9 Å². The van der Waals surface area contributed by atoms with Gasteiger partial charge < -0.3 is 99.4 Å². The van der Waals surface area contributed by atoms with Gasteiger partial charge in [-0.2, -0.15) is 0 Å². The number of hydrogen-bond donors (Lipinski definition) is 16. The number of aliphatic hydroxyl groups excluding tert-OH is 2. The minimum Gasteiger partial charge on any atom is -0.481 e. The number of rotatable bonds is 5. The average molecular weight is 1350 g/mol. The van der Waals surface area contributed by atoms with Crippen LogP contribution in [0.5, 0.6) is 0 Å². The number of allylic oxidation sites excluding steroid dienone is 1. The van der Waals surface area contributed by atoms with Gasteiger partial charge in [0.15, 0.2) is 0 Å². The predicted octanol–water partition coefficient (Wildman–Crippen LogP) is 7.52. The van der Waals surface area contributed by atoms with Crippen LogP contribution in [0.3, 0.4) is 0 Å². The largest absolute Gasteiger partial charge is 0.481 e. The fourth-order valence-electron chi connectivity index (χ4n) is 11.9. The Labute approximate surface area is 565 Å². The van der Waals surface area contributed by atoms with Gasteiger partial charge >= 0.3 is 11.9 Å². The number of carbonyl (C=O) groups is 2. The van der Waals surface area contributed by atoms with Gasteiger partial charge in [0.05, 0.1) is 42.7 Å². The van der Waals surface area contributed by atoms with Gasteiger partial charge in [0.1, 0.15) is 6.61 Å². The monoisotopic (exact) mass is 1350 g/mol. The minimum absolute atomic E-state index is 0.00620. The summed E-state index contributed by atoms with van der Waals surface area (Å²) >= 11 is 0. The number of nitrogens with two attached hydrogens (primary N) is 13. The molecule has 0 aromatic heterocycles. The number of alkyl halides is 2. The first-order valence-corrected chi connectivity index (χ1v) is 36.2. The molecule has 10 aliphatic rings. The third-order valence-corrected chi connectivity index (χ3v) is 18.6. The zero-order valence-electron chi connectivity index (χ0n) is 59.2. The molecule has 0 spiro atoms. The molecule has 0 radical (unpaired) electrons. The van der Waals surface area contributed by atoms with Gasteiger partial charge in [-0.25, -0.2) is 13.2 Å². The number of aliphatic imine (C=N–C) groups is 1. The lowest BCUT2D eigenvalue weighted by Gasteiger charge is -2.25. The van der Waals surface area contributed by atoms with Crippen molar-refractivity contribution in [1.82, 2.24) is 0 Å². The maximum atomic E-state index is 12.3. The maximum absolute atomic E-state index is 12.3. The van der Waals surface area contributed by atoms with E-state index >= 15 is 0 Å². The van der Waals surface area contributed by atoms with Crippen molar-refractivity contribution in [1.29, 1.82) is 0 Å². The second-order valence-electron chi connectivity index (χ2n) is 28.3. The number of aliphatic hydroxyl groups is 2. The summed E-state index contributed by atoms with van der Waals surface area (Å²) in [6.07, 6.45) is 36.3. The van der Waals surface area contributed by atoms with Crippen LogP contribution in [-0.2, 0) is 19.2 Å². The molecule has 9 saturated carbocycles. The van der Waals surface area contributed by atoms with Crippen LogP contribution in [-0.4, -0.2) is 157 Å². The highest BCUT2D eigenvalue weighted by Crippen LogP contribution is 2.32. The maximum Gasteiger partial charge on any atom is 0.308 e. The van der Waals surface area contributed by atoms with E-state index in [0.29, 0.717) is 74.8 Å². The Bertz CT molecular complexity index is 1920. The summed E-state index contributed by atoms with van der Waals surface area (Å²) in [4.78, 5) is 30.6. The van der Waals surface area contributed by atoms with E-state index < -0.39 is 11.9 Å². The highest BCUT2D eigenvalue weighted by Gasteiger charge is 2.33. The SMILES string of the molecule is CC(C)CN.CCON=C1CCC(N)CC1.CN=C1CCC(N)CC1.COC(=O)C1CCCC(N)C1.NC1CC=C(F)CC1.NC1CCC(F)(F)CC1.NC1CCC(O)C1.NC1CCC(O)CC1.NC1CCCC(C(=O)O)C1.NC1CCCC(N)C1.NC1CCCCC1N. The molecule has 29 N–H and O–H groups in total. The molecule has 556 valence electrons. The van der Waals surface area contributed by atoms with Crippen LogP contribution >= 0.6 is 0 Å². The van der Waals surface area contributed by atoms with E-state index in [2.05, 4.69) is 28.7 Å². The topological polar surface area (TPSA) is 476 Å². The lowest BCUT2D eigenvalue weighted by Crippen LogP contribution is -2.43. The van der Waals surface area contributed by atoms with Gasteiger partial charge in [0.2, 0.25) is 5.92 Å². The molecule has 0 aromatic carbocycles. The first-order valence-electron chi connectivity index (χ1n) is 36.2. The summed E-state index contributed by atoms with van der Waals surface area (Å²) in [5.41, 5.74) is 75.0. The molecule has 11 unspecified atom stereocenters. The molecule has 94 heavy (non-hydrogen) atoms. The van der Waals surface area contributed by atoms with Crippen molar-refractivity contribution in [2.24, 2.45) is 102 Å². The summed E-state index contributed by atoms with van der Waals surface area (Å²) in [5, 5.41) is 30.4. The van der Waals surface area contributed by atoms with E-state index in [1.807, 2.05) is 14.0 Å². The molecule has 0 saturated heterocycles. The highest BCUT2D eigenvalue weighted by molar-refractivity contribution is 5.85. The molecule has 10 rings (SSSR count). The van der Waals surface area contributed by atoms with E-state index in [4.69, 9.17) is 94.7 Å². The van der Waals surface area contributed by atoms with Gasteiger partial charge in [0, 0.05) is 105 Å². The van der Waals surface area contributed by atoms with Crippen LogP contribution in [0.2, 0.25) is 0 Å². The zero-order valence-corrected chi connectivity index (χ0v) is 59.2. The Morgan fingerprint density at radius 1 is 0.521 bits per heavy atom. The lowest BCUT2D eigenvalue weighted by atomic mass is 9.86. The van der Waals surface area contributed by atoms with Gasteiger partial charge in [-0.1, -0.05) is 57.2 Å². The van der Waals surface area contributed by atoms with Crippen molar-refractivity contribution in [3.63, 3.8) is 0 Å². The van der Waals surface area contributed by atoms with Gasteiger partial charge in [-0.05, 0) is 212 Å². The third kappa shape index (κ3) is 50.4. The van der Waals surface area contributed by atoms with E-state index in [1.165, 1.54) is 50.6 Å². The number of carboxylic acid groups (broad SMARTS) is 1. The molecule has 22 nitrogen and oxygen atoms in total. The minimum atomic E-state index is -2.42. The second kappa shape index (κ2) is 54.9. The number of nitrogens with zero attached hydrogens (tertiary/aromatic N) is 2. The summed E-state index contributed by atoms with van der Waals surface area (Å²) in [6.45, 7) is 7.61. The third-order valence-electron chi connectivity index (χ3n) is 18.6. The lowest BCUT2D eigenvalue weighted by molar-refractivity contribution is -0.146. The molecule has 0 aromatic rings. The number of carbonyl (C=O) groups excluding carboxylic acids is 1. The molecular weight excluding hydrogens is 1210 g/mol. The van der Waals surface area contributed by atoms with Gasteiger partial charge in [-0.3, -0.25) is 14.6 Å². The first kappa shape index (κ1) is 91.0. The van der Waals surface area contributed by atoms with Crippen LogP contribution in [0, 0.1) is 17.8 Å². The van der Waals surface area contributed by atoms with Crippen LogP contribution in [0.1, 0.15) is 265 Å². The van der Waals surface area contributed by atoms with Gasteiger partial charge in [0.25, 0.3) is 0 Å². The first-order chi connectivity index (χ1) is 44.4. The average Bonchev–Trinajstić information content (AvgIpc) is 4.25. The number of carboxylic acids is 1. The van der Waals surface area contributed by atoms with Gasteiger partial charge in [-0.15, -0.1) is 0 Å². The molecule has 0 aliphatic heterocycles. The molecule has 0 amide bonds. The summed E-state index contributed by atoms with van der Waals surface area (Å²) in [7, 11) is 3.30. The van der Waals surface area contributed by atoms with Crippen molar-refractivity contribution >= 4 is 23.4 Å². The number of halogens is 3. The predicted molar refractivity (Wildman–Crippen MR) is 380 cm³/mol. The summed E-state index contributed by atoms with van der Waals surface area (Å²) in [5.74, 6) is -2.65. The number of ether oxygens (including phenoxy) is 1. The number of hydrogen-bond acceptors (Lipinski definition) is 21. The number of oxime groups is 1. The van der Waals surface area contributed by atoms with Crippen molar-refractivity contribution in [3.8, 4) is 0 Å². The van der Waals surface area contributed by atoms with Crippen molar-refractivity contribution < 1.29 is 47.7 Å². The fraction of sp³-hybridized carbons (Fsp3) is 0.913.